The molecule has 0 spiro atoms. The fourth-order valence-electron chi connectivity index (χ4n) is 2.98. The first-order chi connectivity index (χ1) is 9.22. The van der Waals surface area contributed by atoms with Crippen LogP contribution in [0.2, 0.25) is 0 Å². The summed E-state index contributed by atoms with van der Waals surface area (Å²) in [4.78, 5) is 14.6. The van der Waals surface area contributed by atoms with Crippen LogP contribution >= 0.6 is 0 Å². The second kappa shape index (κ2) is 7.22. The monoisotopic (exact) mass is 269 g/mol. The number of hydrogen-bond donors (Lipinski definition) is 2. The number of rotatable bonds is 5. The molecule has 0 aromatic carbocycles. The molecule has 0 unspecified atom stereocenters. The zero-order valence-electron chi connectivity index (χ0n) is 11.9. The summed E-state index contributed by atoms with van der Waals surface area (Å²) in [6.45, 7) is 6.08. The Hall–Kier alpha value is -0.650. The lowest BCUT2D eigenvalue weighted by atomic mass is 10.0. The van der Waals surface area contributed by atoms with Gasteiger partial charge in [0.25, 0.3) is 0 Å². The number of hydrogen-bond acceptors (Lipinski definition) is 4. The largest absolute Gasteiger partial charge is 0.364 e. The molecule has 19 heavy (non-hydrogen) atoms. The molecule has 0 aromatic rings. The quantitative estimate of drug-likeness (QED) is 0.762. The molecule has 2 heterocycles. The standard InChI is InChI=1S/C14H27N3O2/c1-2-7-17-8-5-11(6-9-17)16-14(18)13-4-3-12(10-15)19-13/h11-13H,2-10,15H2,1H3,(H,16,18)/t12-,13+/m1/s1. The Morgan fingerprint density at radius 3 is 2.63 bits per heavy atom. The van der Waals surface area contributed by atoms with E-state index in [0.717, 1.165) is 38.8 Å². The van der Waals surface area contributed by atoms with E-state index < -0.39 is 0 Å². The first-order valence-electron chi connectivity index (χ1n) is 7.61. The summed E-state index contributed by atoms with van der Waals surface area (Å²) >= 11 is 0. The lowest BCUT2D eigenvalue weighted by Crippen LogP contribution is -2.47. The van der Waals surface area contributed by atoms with Crippen LogP contribution in [0.25, 0.3) is 0 Å². The molecule has 0 radical (unpaired) electrons. The maximum absolute atomic E-state index is 12.1. The number of nitrogens with two attached hydrogens (primary N) is 1. The van der Waals surface area contributed by atoms with Gasteiger partial charge in [0.15, 0.2) is 0 Å². The van der Waals surface area contributed by atoms with E-state index in [1.807, 2.05) is 0 Å². The lowest BCUT2D eigenvalue weighted by Gasteiger charge is -2.32. The fraction of sp³-hybridized carbons (Fsp3) is 0.929. The van der Waals surface area contributed by atoms with Crippen LogP contribution in [0.1, 0.15) is 39.0 Å². The van der Waals surface area contributed by atoms with Gasteiger partial charge in [0.1, 0.15) is 6.10 Å². The van der Waals surface area contributed by atoms with E-state index in [-0.39, 0.29) is 18.1 Å². The predicted molar refractivity (Wildman–Crippen MR) is 74.8 cm³/mol. The van der Waals surface area contributed by atoms with Crippen molar-refractivity contribution in [2.75, 3.05) is 26.2 Å². The highest BCUT2D eigenvalue weighted by molar-refractivity contribution is 5.81. The number of likely N-dealkylation sites (tertiary alicyclic amines) is 1. The summed E-state index contributed by atoms with van der Waals surface area (Å²) in [7, 11) is 0. The van der Waals surface area contributed by atoms with Crippen molar-refractivity contribution in [3.8, 4) is 0 Å². The molecule has 0 aromatic heterocycles. The first-order valence-corrected chi connectivity index (χ1v) is 7.61. The van der Waals surface area contributed by atoms with Gasteiger partial charge in [0.05, 0.1) is 6.10 Å². The Kier molecular flexibility index (Phi) is 5.60. The van der Waals surface area contributed by atoms with Crippen molar-refractivity contribution in [1.82, 2.24) is 10.2 Å². The molecule has 2 saturated heterocycles. The molecule has 2 atom stereocenters. The van der Waals surface area contributed by atoms with E-state index in [2.05, 4.69) is 17.1 Å². The third-order valence-corrected chi connectivity index (χ3v) is 4.14. The molecule has 0 bridgehead atoms. The number of nitrogens with one attached hydrogen (secondary N) is 1. The van der Waals surface area contributed by atoms with E-state index in [1.54, 1.807) is 0 Å². The molecule has 0 aliphatic carbocycles. The Balaban J connectivity index is 1.69. The Bertz CT molecular complexity index is 290. The lowest BCUT2D eigenvalue weighted by molar-refractivity contribution is -0.132. The van der Waals surface area contributed by atoms with Crippen molar-refractivity contribution in [1.29, 1.82) is 0 Å². The van der Waals surface area contributed by atoms with E-state index in [0.29, 0.717) is 12.6 Å². The van der Waals surface area contributed by atoms with Gasteiger partial charge in [-0.15, -0.1) is 0 Å². The molecule has 2 aliphatic rings. The second-order valence-electron chi connectivity index (χ2n) is 5.68. The fourth-order valence-corrected chi connectivity index (χ4v) is 2.98. The van der Waals surface area contributed by atoms with Crippen molar-refractivity contribution in [2.24, 2.45) is 5.73 Å². The van der Waals surface area contributed by atoms with Crippen LogP contribution < -0.4 is 11.1 Å². The Morgan fingerprint density at radius 2 is 2.05 bits per heavy atom. The highest BCUT2D eigenvalue weighted by Crippen LogP contribution is 2.19. The van der Waals surface area contributed by atoms with Gasteiger partial charge in [-0.2, -0.15) is 0 Å². The number of nitrogens with zero attached hydrogens (tertiary/aromatic N) is 1. The predicted octanol–water partition coefficient (Wildman–Crippen LogP) is 0.483. The number of amides is 1. The van der Waals surface area contributed by atoms with Crippen LogP contribution in [-0.2, 0) is 9.53 Å². The van der Waals surface area contributed by atoms with Crippen molar-refractivity contribution in [2.45, 2.75) is 57.3 Å². The van der Waals surface area contributed by atoms with Crippen molar-refractivity contribution in [3.05, 3.63) is 0 Å². The highest BCUT2D eigenvalue weighted by atomic mass is 16.5. The van der Waals surface area contributed by atoms with Crippen molar-refractivity contribution in [3.63, 3.8) is 0 Å². The van der Waals surface area contributed by atoms with Crippen LogP contribution in [0.15, 0.2) is 0 Å². The molecular weight excluding hydrogens is 242 g/mol. The molecule has 110 valence electrons. The Labute approximate surface area is 115 Å². The van der Waals surface area contributed by atoms with Gasteiger partial charge in [-0.25, -0.2) is 0 Å². The molecule has 2 aliphatic heterocycles. The van der Waals surface area contributed by atoms with Crippen LogP contribution in [0.5, 0.6) is 0 Å². The van der Waals surface area contributed by atoms with Crippen LogP contribution in [0, 0.1) is 0 Å². The van der Waals surface area contributed by atoms with Crippen molar-refractivity contribution >= 4 is 5.91 Å². The number of carbonyl (C=O) groups is 1. The summed E-state index contributed by atoms with van der Waals surface area (Å²) in [5.41, 5.74) is 5.56. The minimum atomic E-state index is -0.276. The SMILES string of the molecule is CCCN1CCC(NC(=O)[C@@H]2CC[C@H](CN)O2)CC1. The summed E-state index contributed by atoms with van der Waals surface area (Å²) in [5, 5.41) is 3.14. The van der Waals surface area contributed by atoms with Gasteiger partial charge in [0.2, 0.25) is 5.91 Å². The summed E-state index contributed by atoms with van der Waals surface area (Å²) < 4.78 is 5.63. The summed E-state index contributed by atoms with van der Waals surface area (Å²) in [6, 6.07) is 0.320. The number of piperidine rings is 1. The molecule has 5 heteroatoms. The Morgan fingerprint density at radius 1 is 1.32 bits per heavy atom. The van der Waals surface area contributed by atoms with Gasteiger partial charge in [0, 0.05) is 25.7 Å². The highest BCUT2D eigenvalue weighted by Gasteiger charge is 2.31. The zero-order valence-corrected chi connectivity index (χ0v) is 11.9. The minimum absolute atomic E-state index is 0.0601. The topological polar surface area (TPSA) is 67.6 Å². The zero-order chi connectivity index (χ0) is 13.7. The average Bonchev–Trinajstić information content (AvgIpc) is 2.90. The normalized spacial score (nSPS) is 29.6. The molecular formula is C14H27N3O2. The van der Waals surface area contributed by atoms with Crippen LogP contribution in [-0.4, -0.2) is 55.2 Å². The van der Waals surface area contributed by atoms with Crippen molar-refractivity contribution < 1.29 is 9.53 Å². The maximum atomic E-state index is 12.1. The molecule has 3 N–H and O–H groups in total. The summed E-state index contributed by atoms with van der Waals surface area (Å²) in [6.07, 6.45) is 4.82. The third-order valence-electron chi connectivity index (χ3n) is 4.14. The third kappa shape index (κ3) is 4.16. The van der Waals surface area contributed by atoms with Gasteiger partial charge in [-0.1, -0.05) is 6.92 Å². The number of ether oxygens (including phenoxy) is 1. The maximum Gasteiger partial charge on any atom is 0.249 e. The van der Waals surface area contributed by atoms with Gasteiger partial charge in [-0.3, -0.25) is 4.79 Å². The molecule has 1 amide bonds. The molecule has 2 rings (SSSR count). The first kappa shape index (κ1) is 14.8. The summed E-state index contributed by atoms with van der Waals surface area (Å²) in [5.74, 6) is 0.0601. The smallest absolute Gasteiger partial charge is 0.249 e. The average molecular weight is 269 g/mol. The van der Waals surface area contributed by atoms with Gasteiger partial charge in [-0.05, 0) is 38.6 Å². The van der Waals surface area contributed by atoms with E-state index in [4.69, 9.17) is 10.5 Å². The van der Waals surface area contributed by atoms with Crippen LogP contribution in [0.3, 0.4) is 0 Å². The van der Waals surface area contributed by atoms with E-state index >= 15 is 0 Å². The van der Waals surface area contributed by atoms with Gasteiger partial charge < -0.3 is 20.7 Å². The van der Waals surface area contributed by atoms with E-state index in [9.17, 15) is 4.79 Å². The van der Waals surface area contributed by atoms with Gasteiger partial charge >= 0.3 is 0 Å². The molecule has 5 nitrogen and oxygen atoms in total. The minimum Gasteiger partial charge on any atom is -0.364 e. The van der Waals surface area contributed by atoms with E-state index in [1.165, 1.54) is 13.0 Å². The van der Waals surface area contributed by atoms with Crippen LogP contribution in [0.4, 0.5) is 0 Å². The molecule has 2 fully saturated rings. The second-order valence-corrected chi connectivity index (χ2v) is 5.68. The number of carbonyl (C=O) groups excluding carboxylic acids is 1. The molecule has 0 saturated carbocycles.